The van der Waals surface area contributed by atoms with Gasteiger partial charge >= 0.3 is 0 Å². The zero-order valence-electron chi connectivity index (χ0n) is 14.7. The fourth-order valence-electron chi connectivity index (χ4n) is 3.00. The lowest BCUT2D eigenvalue weighted by molar-refractivity contribution is -0.128. The maximum Gasteiger partial charge on any atom is 0.243 e. The van der Waals surface area contributed by atoms with Gasteiger partial charge in [-0.05, 0) is 35.4 Å². The van der Waals surface area contributed by atoms with Crippen LogP contribution in [0.1, 0.15) is 18.1 Å². The van der Waals surface area contributed by atoms with Gasteiger partial charge in [-0.15, -0.1) is 0 Å². The first-order chi connectivity index (χ1) is 12.9. The third-order valence-electron chi connectivity index (χ3n) is 4.18. The normalized spacial score (nSPS) is 12.0. The highest BCUT2D eigenvalue weighted by Crippen LogP contribution is 2.19. The van der Waals surface area contributed by atoms with Crippen LogP contribution >= 0.6 is 15.9 Å². The molecule has 5 nitrogen and oxygen atoms in total. The molecule has 3 rings (SSSR count). The van der Waals surface area contributed by atoms with E-state index in [2.05, 4.69) is 31.5 Å². The summed E-state index contributed by atoms with van der Waals surface area (Å²) >= 11 is 3.23. The van der Waals surface area contributed by atoms with Gasteiger partial charge in [-0.2, -0.15) is 0 Å². The first-order valence-electron chi connectivity index (χ1n) is 8.47. The highest BCUT2D eigenvalue weighted by atomic mass is 79.9. The number of carbonyl (C=O) groups excluding carboxylic acids is 2. The quantitative estimate of drug-likeness (QED) is 0.559. The molecule has 27 heavy (non-hydrogen) atoms. The fourth-order valence-corrected chi connectivity index (χ4v) is 3.51. The Hall–Kier alpha value is -2.67. The minimum Gasteiger partial charge on any atom is -0.361 e. The van der Waals surface area contributed by atoms with Gasteiger partial charge in [0, 0.05) is 41.5 Å². The van der Waals surface area contributed by atoms with Crippen LogP contribution in [0.2, 0.25) is 0 Å². The Bertz CT molecular complexity index is 966. The highest BCUT2D eigenvalue weighted by molar-refractivity contribution is 9.10. The van der Waals surface area contributed by atoms with Gasteiger partial charge in [-0.3, -0.25) is 9.59 Å². The number of carbonyl (C=O) groups is 2. The summed E-state index contributed by atoms with van der Waals surface area (Å²) in [5, 5.41) is 6.47. The third-order valence-corrected chi connectivity index (χ3v) is 4.64. The van der Waals surface area contributed by atoms with E-state index < -0.39 is 6.04 Å². The largest absolute Gasteiger partial charge is 0.361 e. The molecule has 7 heteroatoms. The minimum absolute atomic E-state index is 0.166. The van der Waals surface area contributed by atoms with Crippen LogP contribution in [0.3, 0.4) is 0 Å². The molecule has 0 saturated carbocycles. The van der Waals surface area contributed by atoms with Crippen LogP contribution < -0.4 is 10.6 Å². The van der Waals surface area contributed by atoms with Crippen LogP contribution in [0.25, 0.3) is 10.9 Å². The van der Waals surface area contributed by atoms with E-state index in [1.54, 1.807) is 6.07 Å². The number of halogens is 2. The molecule has 2 aromatic carbocycles. The van der Waals surface area contributed by atoms with Gasteiger partial charge in [0.05, 0.1) is 0 Å². The van der Waals surface area contributed by atoms with E-state index in [1.807, 2.05) is 30.5 Å². The van der Waals surface area contributed by atoms with Crippen molar-refractivity contribution in [3.05, 3.63) is 70.1 Å². The zero-order valence-corrected chi connectivity index (χ0v) is 16.3. The Morgan fingerprint density at radius 1 is 1.22 bits per heavy atom. The summed E-state index contributed by atoms with van der Waals surface area (Å²) in [4.78, 5) is 27.4. The number of nitrogens with one attached hydrogen (secondary N) is 3. The molecule has 0 aliphatic carbocycles. The molecule has 2 amide bonds. The number of para-hydroxylation sites is 1. The smallest absolute Gasteiger partial charge is 0.243 e. The average molecular weight is 432 g/mol. The topological polar surface area (TPSA) is 74.0 Å². The van der Waals surface area contributed by atoms with Crippen molar-refractivity contribution in [2.75, 3.05) is 0 Å². The maximum absolute atomic E-state index is 13.5. The Kier molecular flexibility index (Phi) is 5.91. The van der Waals surface area contributed by atoms with Gasteiger partial charge in [0.2, 0.25) is 11.8 Å². The van der Waals surface area contributed by atoms with E-state index >= 15 is 0 Å². The van der Waals surface area contributed by atoms with Gasteiger partial charge in [0.1, 0.15) is 11.9 Å². The second kappa shape index (κ2) is 8.35. The van der Waals surface area contributed by atoms with Crippen molar-refractivity contribution in [2.24, 2.45) is 0 Å². The van der Waals surface area contributed by atoms with Crippen molar-refractivity contribution >= 4 is 38.6 Å². The number of fused-ring (bicyclic) bond motifs is 1. The number of benzene rings is 2. The van der Waals surface area contributed by atoms with Crippen molar-refractivity contribution in [1.29, 1.82) is 0 Å². The lowest BCUT2D eigenvalue weighted by atomic mass is 10.0. The van der Waals surface area contributed by atoms with Crippen LogP contribution in [0.5, 0.6) is 0 Å². The molecule has 0 fully saturated rings. The summed E-state index contributed by atoms with van der Waals surface area (Å²) in [6.07, 6.45) is 2.19. The third kappa shape index (κ3) is 4.95. The summed E-state index contributed by atoms with van der Waals surface area (Å²) < 4.78 is 14.1. The zero-order chi connectivity index (χ0) is 19.4. The van der Waals surface area contributed by atoms with Crippen molar-refractivity contribution < 1.29 is 14.0 Å². The standard InChI is InChI=1S/C20H19BrFN3O2/c1-12(26)25-19(8-14-11-23-18-5-3-2-4-17(14)18)20(27)24-10-13-6-15(21)9-16(22)7-13/h2-7,9,11,19,23H,8,10H2,1H3,(H,24,27)(H,25,26). The highest BCUT2D eigenvalue weighted by Gasteiger charge is 2.21. The molecule has 1 unspecified atom stereocenters. The maximum atomic E-state index is 13.5. The number of aromatic amines is 1. The molecule has 0 radical (unpaired) electrons. The van der Waals surface area contributed by atoms with Crippen molar-refractivity contribution in [1.82, 2.24) is 15.6 Å². The summed E-state index contributed by atoms with van der Waals surface area (Å²) in [5.74, 6) is -0.995. The summed E-state index contributed by atoms with van der Waals surface area (Å²) in [6.45, 7) is 1.54. The summed E-state index contributed by atoms with van der Waals surface area (Å²) in [7, 11) is 0. The first-order valence-corrected chi connectivity index (χ1v) is 9.26. The molecule has 3 N–H and O–H groups in total. The molecule has 1 heterocycles. The number of hydrogen-bond donors (Lipinski definition) is 3. The van der Waals surface area contributed by atoms with E-state index in [9.17, 15) is 14.0 Å². The number of H-pyrrole nitrogens is 1. The fraction of sp³-hybridized carbons (Fsp3) is 0.200. The lowest BCUT2D eigenvalue weighted by Crippen LogP contribution is -2.47. The van der Waals surface area contributed by atoms with Gasteiger partial charge < -0.3 is 15.6 Å². The second-order valence-corrected chi connectivity index (χ2v) is 7.23. The van der Waals surface area contributed by atoms with E-state index in [0.29, 0.717) is 16.5 Å². The Morgan fingerprint density at radius 2 is 2.00 bits per heavy atom. The molecule has 0 spiro atoms. The van der Waals surface area contributed by atoms with Crippen molar-refractivity contribution in [3.63, 3.8) is 0 Å². The molecule has 0 aliphatic heterocycles. The van der Waals surface area contributed by atoms with Crippen molar-refractivity contribution in [3.8, 4) is 0 Å². The monoisotopic (exact) mass is 431 g/mol. The molecule has 0 aliphatic rings. The summed E-state index contributed by atoms with van der Waals surface area (Å²) in [6, 6.07) is 11.5. The average Bonchev–Trinajstić information content (AvgIpc) is 3.01. The molecular weight excluding hydrogens is 413 g/mol. The molecule has 0 saturated heterocycles. The van der Waals surface area contributed by atoms with Crippen LogP contribution in [0, 0.1) is 5.82 Å². The van der Waals surface area contributed by atoms with Gasteiger partial charge in [0.25, 0.3) is 0 Å². The van der Waals surface area contributed by atoms with Gasteiger partial charge in [0.15, 0.2) is 0 Å². The van der Waals surface area contributed by atoms with E-state index in [-0.39, 0.29) is 24.2 Å². The molecule has 1 aromatic heterocycles. The Labute approximate surface area is 164 Å². The van der Waals surface area contributed by atoms with Crippen LogP contribution in [-0.2, 0) is 22.6 Å². The molecule has 0 bridgehead atoms. The SMILES string of the molecule is CC(=O)NC(Cc1c[nH]c2ccccc12)C(=O)NCc1cc(F)cc(Br)c1. The predicted octanol–water partition coefficient (Wildman–Crippen LogP) is 3.43. The molecule has 3 aromatic rings. The van der Waals surface area contributed by atoms with E-state index in [4.69, 9.17) is 0 Å². The summed E-state index contributed by atoms with van der Waals surface area (Å²) in [5.41, 5.74) is 2.54. The van der Waals surface area contributed by atoms with Crippen LogP contribution in [0.15, 0.2) is 53.1 Å². The number of rotatable bonds is 6. The Balaban J connectivity index is 1.73. The van der Waals surface area contributed by atoms with Crippen molar-refractivity contribution in [2.45, 2.75) is 25.9 Å². The van der Waals surface area contributed by atoms with Gasteiger partial charge in [-0.1, -0.05) is 34.1 Å². The molecular formula is C20H19BrFN3O2. The predicted molar refractivity (Wildman–Crippen MR) is 106 cm³/mol. The Morgan fingerprint density at radius 3 is 2.74 bits per heavy atom. The van der Waals surface area contributed by atoms with Crippen LogP contribution in [-0.4, -0.2) is 22.8 Å². The molecule has 1 atom stereocenters. The lowest BCUT2D eigenvalue weighted by Gasteiger charge is -2.17. The number of amides is 2. The van der Waals surface area contributed by atoms with E-state index in [0.717, 1.165) is 16.5 Å². The minimum atomic E-state index is -0.723. The van der Waals surface area contributed by atoms with Crippen LogP contribution in [0.4, 0.5) is 4.39 Å². The second-order valence-electron chi connectivity index (χ2n) is 6.31. The first kappa shape index (κ1) is 19.1. The van der Waals surface area contributed by atoms with Gasteiger partial charge in [-0.25, -0.2) is 4.39 Å². The number of aromatic nitrogens is 1. The van der Waals surface area contributed by atoms with E-state index in [1.165, 1.54) is 19.1 Å². The molecule has 140 valence electrons. The number of hydrogen-bond acceptors (Lipinski definition) is 2.